The molecule has 1 aromatic heterocycles. The molecule has 24 heavy (non-hydrogen) atoms. The van der Waals surface area contributed by atoms with Crippen molar-refractivity contribution in [1.29, 1.82) is 0 Å². The van der Waals surface area contributed by atoms with Crippen LogP contribution in [0, 0.1) is 11.8 Å². The third-order valence-electron chi connectivity index (χ3n) is 4.66. The average Bonchev–Trinajstić information content (AvgIpc) is 3.22. The summed E-state index contributed by atoms with van der Waals surface area (Å²) in [5, 5.41) is 3.31. The largest absolute Gasteiger partial charge is 0.316 e. The molecule has 0 amide bonds. The molecule has 2 saturated heterocycles. The van der Waals surface area contributed by atoms with Crippen molar-refractivity contribution in [3.63, 3.8) is 0 Å². The van der Waals surface area contributed by atoms with Gasteiger partial charge in [-0.15, -0.1) is 11.3 Å². The highest BCUT2D eigenvalue weighted by atomic mass is 32.2. The van der Waals surface area contributed by atoms with Gasteiger partial charge < -0.3 is 5.32 Å². The highest BCUT2D eigenvalue weighted by Gasteiger charge is 2.41. The van der Waals surface area contributed by atoms with E-state index in [-0.39, 0.29) is 12.3 Å². The summed E-state index contributed by atoms with van der Waals surface area (Å²) < 4.78 is 52.8. The van der Waals surface area contributed by atoms with Crippen molar-refractivity contribution in [1.82, 2.24) is 14.3 Å². The van der Waals surface area contributed by atoms with Gasteiger partial charge in [0.25, 0.3) is 10.0 Å². The molecule has 2 aliphatic rings. The third kappa shape index (κ3) is 3.83. The fourth-order valence-electron chi connectivity index (χ4n) is 3.20. The lowest BCUT2D eigenvalue weighted by Gasteiger charge is -2.16. The molecule has 2 aliphatic heterocycles. The maximum absolute atomic E-state index is 12.8. The second-order valence-electron chi connectivity index (χ2n) is 6.27. The van der Waals surface area contributed by atoms with Gasteiger partial charge in [-0.3, -0.25) is 0 Å². The summed E-state index contributed by atoms with van der Waals surface area (Å²) in [6.45, 7) is 4.83. The van der Waals surface area contributed by atoms with Crippen LogP contribution in [0.4, 0.5) is 0 Å². The number of hydrogen-bond donors (Lipinski definition) is 2. The molecule has 0 unspecified atom stereocenters. The topological polar surface area (TPSA) is 95.6 Å². The van der Waals surface area contributed by atoms with Gasteiger partial charge in [0.05, 0.1) is 5.75 Å². The lowest BCUT2D eigenvalue weighted by atomic mass is 10.0. The van der Waals surface area contributed by atoms with E-state index in [9.17, 15) is 16.8 Å². The summed E-state index contributed by atoms with van der Waals surface area (Å²) in [5.41, 5.74) is 0. The number of fused-ring (bicyclic) bond motifs is 1. The van der Waals surface area contributed by atoms with E-state index in [0.29, 0.717) is 35.6 Å². The predicted molar refractivity (Wildman–Crippen MR) is 94.1 cm³/mol. The first kappa shape index (κ1) is 18.3. The second kappa shape index (κ2) is 7.00. The van der Waals surface area contributed by atoms with Crippen LogP contribution >= 0.6 is 11.3 Å². The third-order valence-corrected chi connectivity index (χ3v) is 9.51. The zero-order valence-electron chi connectivity index (χ0n) is 13.6. The highest BCUT2D eigenvalue weighted by Crippen LogP contribution is 2.33. The lowest BCUT2D eigenvalue weighted by Crippen LogP contribution is -2.31. The van der Waals surface area contributed by atoms with E-state index in [1.54, 1.807) is 23.4 Å². The molecule has 136 valence electrons. The minimum absolute atomic E-state index is 0.0449. The smallest absolute Gasteiger partial charge is 0.252 e. The Morgan fingerprint density at radius 1 is 1.21 bits per heavy atom. The van der Waals surface area contributed by atoms with Crippen LogP contribution in [0.2, 0.25) is 0 Å². The number of thiophene rings is 1. The summed E-state index contributed by atoms with van der Waals surface area (Å²) in [6.07, 6.45) is 0.495. The summed E-state index contributed by atoms with van der Waals surface area (Å²) in [7, 11) is -6.64. The summed E-state index contributed by atoms with van der Waals surface area (Å²) in [6, 6.07) is 3.41. The van der Waals surface area contributed by atoms with Crippen molar-refractivity contribution in [3.8, 4) is 0 Å². The quantitative estimate of drug-likeness (QED) is 0.684. The van der Waals surface area contributed by atoms with Gasteiger partial charge in [0.15, 0.2) is 0 Å². The Bertz CT molecular complexity index is 776. The fraction of sp³-hybridized carbons (Fsp3) is 0.714. The van der Waals surface area contributed by atoms with E-state index in [1.807, 2.05) is 0 Å². The molecule has 2 fully saturated rings. The Labute approximate surface area is 147 Å². The van der Waals surface area contributed by atoms with Crippen LogP contribution in [0.5, 0.6) is 0 Å². The van der Waals surface area contributed by atoms with E-state index in [2.05, 4.69) is 10.0 Å². The number of nitrogens with one attached hydrogen (secondary N) is 2. The fourth-order valence-corrected chi connectivity index (χ4v) is 6.88. The van der Waals surface area contributed by atoms with Gasteiger partial charge in [0.1, 0.15) is 4.21 Å². The normalized spacial score (nSPS) is 25.2. The standard InChI is InChI=1S/C14H23N3O4S3/c1-2-23(18,19)16-6-5-13-3-4-14(22-13)24(20,21)17-9-11-7-15-8-12(11)10-17/h3-4,11-12,15-16H,2,5-10H2,1H3/t11-,12+. The number of hydrogen-bond acceptors (Lipinski definition) is 6. The van der Waals surface area contributed by atoms with Crippen molar-refractivity contribution >= 4 is 31.4 Å². The van der Waals surface area contributed by atoms with Gasteiger partial charge in [0.2, 0.25) is 10.0 Å². The van der Waals surface area contributed by atoms with Gasteiger partial charge in [-0.2, -0.15) is 4.31 Å². The Morgan fingerprint density at radius 3 is 2.50 bits per heavy atom. The van der Waals surface area contributed by atoms with Crippen molar-refractivity contribution in [2.24, 2.45) is 11.8 Å². The van der Waals surface area contributed by atoms with Gasteiger partial charge in [0, 0.05) is 24.5 Å². The first-order chi connectivity index (χ1) is 11.3. The average molecular weight is 394 g/mol. The number of rotatable bonds is 7. The molecular weight excluding hydrogens is 370 g/mol. The van der Waals surface area contributed by atoms with E-state index in [0.717, 1.165) is 18.0 Å². The van der Waals surface area contributed by atoms with Crippen LogP contribution in [0.3, 0.4) is 0 Å². The van der Waals surface area contributed by atoms with Gasteiger partial charge in [-0.25, -0.2) is 21.6 Å². The molecule has 3 heterocycles. The molecule has 0 radical (unpaired) electrons. The van der Waals surface area contributed by atoms with Crippen molar-refractivity contribution in [3.05, 3.63) is 17.0 Å². The maximum atomic E-state index is 12.8. The summed E-state index contributed by atoms with van der Waals surface area (Å²) >= 11 is 1.23. The molecule has 0 saturated carbocycles. The predicted octanol–water partition coefficient (Wildman–Crippen LogP) is 0.0698. The molecule has 3 rings (SSSR count). The van der Waals surface area contributed by atoms with Crippen LogP contribution < -0.4 is 10.0 Å². The molecule has 2 atom stereocenters. The summed E-state index contributed by atoms with van der Waals surface area (Å²) in [5.74, 6) is 0.883. The van der Waals surface area contributed by atoms with Gasteiger partial charge >= 0.3 is 0 Å². The Balaban J connectivity index is 1.62. The maximum Gasteiger partial charge on any atom is 0.252 e. The van der Waals surface area contributed by atoms with E-state index < -0.39 is 20.0 Å². The monoisotopic (exact) mass is 393 g/mol. The lowest BCUT2D eigenvalue weighted by molar-refractivity contribution is 0.449. The Hall–Kier alpha value is -0.520. The van der Waals surface area contributed by atoms with Crippen molar-refractivity contribution in [2.75, 3.05) is 38.5 Å². The van der Waals surface area contributed by atoms with Crippen LogP contribution in [0.1, 0.15) is 11.8 Å². The van der Waals surface area contributed by atoms with E-state index >= 15 is 0 Å². The highest BCUT2D eigenvalue weighted by molar-refractivity contribution is 7.91. The molecular formula is C14H23N3O4S3. The van der Waals surface area contributed by atoms with Crippen LogP contribution in [0.25, 0.3) is 0 Å². The second-order valence-corrected chi connectivity index (χ2v) is 11.7. The minimum Gasteiger partial charge on any atom is -0.316 e. The van der Waals surface area contributed by atoms with Gasteiger partial charge in [-0.05, 0) is 50.4 Å². The SMILES string of the molecule is CCS(=O)(=O)NCCc1ccc(S(=O)(=O)N2C[C@H]3CNC[C@H]3C2)s1. The Kier molecular flexibility index (Phi) is 5.33. The first-order valence-electron chi connectivity index (χ1n) is 8.09. The van der Waals surface area contributed by atoms with Crippen LogP contribution in [0.15, 0.2) is 16.3 Å². The molecule has 0 bridgehead atoms. The molecule has 0 aliphatic carbocycles. The molecule has 2 N–H and O–H groups in total. The molecule has 7 nitrogen and oxygen atoms in total. The molecule has 1 aromatic rings. The molecule has 0 aromatic carbocycles. The zero-order valence-corrected chi connectivity index (χ0v) is 16.0. The zero-order chi connectivity index (χ0) is 17.4. The van der Waals surface area contributed by atoms with E-state index in [1.165, 1.54) is 11.3 Å². The van der Waals surface area contributed by atoms with E-state index in [4.69, 9.17) is 0 Å². The molecule has 0 spiro atoms. The summed E-state index contributed by atoms with van der Waals surface area (Å²) in [4.78, 5) is 0.869. The number of nitrogens with zero attached hydrogens (tertiary/aromatic N) is 1. The Morgan fingerprint density at radius 2 is 1.88 bits per heavy atom. The first-order valence-corrected chi connectivity index (χ1v) is 12.0. The minimum atomic E-state index is -3.43. The van der Waals surface area contributed by atoms with Crippen LogP contribution in [-0.4, -0.2) is 59.6 Å². The molecule has 10 heteroatoms. The van der Waals surface area contributed by atoms with Crippen molar-refractivity contribution < 1.29 is 16.8 Å². The van der Waals surface area contributed by atoms with Gasteiger partial charge in [-0.1, -0.05) is 0 Å². The van der Waals surface area contributed by atoms with Crippen LogP contribution in [-0.2, 0) is 26.5 Å². The number of sulfonamides is 2. The van der Waals surface area contributed by atoms with Crippen molar-refractivity contribution in [2.45, 2.75) is 17.6 Å².